The van der Waals surface area contributed by atoms with Crippen LogP contribution in [0.2, 0.25) is 0 Å². The quantitative estimate of drug-likeness (QED) is 0.0185. The summed E-state index contributed by atoms with van der Waals surface area (Å²) in [5.74, 6) is 3.61. The maximum absolute atomic E-state index is 12.8. The summed E-state index contributed by atoms with van der Waals surface area (Å²) in [7, 11) is 0. The van der Waals surface area contributed by atoms with Crippen molar-refractivity contribution in [1.29, 1.82) is 0 Å². The van der Waals surface area contributed by atoms with Gasteiger partial charge in [-0.05, 0) is 159 Å². The van der Waals surface area contributed by atoms with Crippen LogP contribution in [-0.2, 0) is 46.2 Å². The van der Waals surface area contributed by atoms with Gasteiger partial charge in [-0.15, -0.1) is 0 Å². The number of rotatable bonds is 15. The zero-order valence-electron chi connectivity index (χ0n) is 67.3. The molecule has 3 spiro atoms. The Kier molecular flexibility index (Phi) is 30.8. The Hall–Kier alpha value is -8.66. The number of benzene rings is 6. The van der Waals surface area contributed by atoms with E-state index in [1.807, 2.05) is 153 Å². The Labute approximate surface area is 720 Å². The number of carbonyl (C=O) groups excluding carboxylic acids is 5. The predicted molar refractivity (Wildman–Crippen MR) is 455 cm³/mol. The minimum absolute atomic E-state index is 0. The molecule has 0 bridgehead atoms. The molecule has 6 heterocycles. The Morgan fingerprint density at radius 3 is 1.12 bits per heavy atom. The number of amides is 2. The van der Waals surface area contributed by atoms with Crippen molar-refractivity contribution in [3.63, 3.8) is 0 Å². The van der Waals surface area contributed by atoms with Crippen LogP contribution in [0, 0.1) is 37.0 Å². The van der Waals surface area contributed by atoms with Crippen molar-refractivity contribution in [2.45, 2.75) is 165 Å². The zero-order valence-corrected chi connectivity index (χ0v) is 73.3. The average molecular weight is 1680 g/mol. The van der Waals surface area contributed by atoms with E-state index in [0.29, 0.717) is 27.4 Å². The van der Waals surface area contributed by atoms with E-state index in [-0.39, 0.29) is 99.9 Å². The number of Topliss-reactive ketones (excluding diaryl/α,β-unsaturated/α-hetero) is 3. The normalized spacial score (nSPS) is 17.6. The molecular weight excluding hydrogens is 1580 g/mol. The first-order chi connectivity index (χ1) is 54.6. The van der Waals surface area contributed by atoms with Crippen LogP contribution in [0.25, 0.3) is 0 Å². The van der Waals surface area contributed by atoms with E-state index in [1.165, 1.54) is 62.5 Å². The van der Waals surface area contributed by atoms with Crippen LogP contribution in [0.5, 0.6) is 0 Å². The molecule has 3 aliphatic heterocycles. The van der Waals surface area contributed by atoms with E-state index in [9.17, 15) is 24.0 Å². The first kappa shape index (κ1) is 88.7. The number of aromatic nitrogens is 6. The number of carbonyl (C=O) groups is 6. The minimum atomic E-state index is -0.546. The standard InChI is InChI=1S/C31H36N4O3S.C26H28N4OS.C22H28N4O2S.C9H9BrO.CH2O2.Na/c1-21-9-11-22(12-10-21)25(36)20-39-27-19-32-26(18-33-27)35-15-13-31(14-16-35)17-23-7-5-6-8-24(23)28(31)34-29(37)38-30(2,3)4;1-18-6-8-19(9-7-18)22(31)17-32-24-16-28-23(15-29-24)30-12-10-26(11-13-30)14-20-4-2-3-5-21(20)25(26)27;1-21(2,3)28-20(27)25-19-16-7-5-4-6-15(16)12-22(19)8-10-26(11-9-22)17-13-24-18(29)14-23-17;1-7-2-4-8(5-3-7)9(11)6-10;2-1-3;/h5-12,18-19,28H,13-17,20H2,1-4H3,(H,34,37);2-9,15-16,25H,10-14,17,27H2,1H3;4-7,13-14,19H,8-12H2,1-3H3,(H,24,29)(H,25,27);2-5H,6H2,1H3;1H,(H,2,3);/q;;;;;+1/p-1/t28-;25-;19-;;;/m111.../s1. The second kappa shape index (κ2) is 40.0. The predicted octanol–water partition coefficient (Wildman–Crippen LogP) is 13.8. The van der Waals surface area contributed by atoms with Crippen molar-refractivity contribution in [3.8, 4) is 0 Å². The molecule has 26 heteroatoms. The summed E-state index contributed by atoms with van der Waals surface area (Å²) < 4.78 is 11.2. The van der Waals surface area contributed by atoms with Gasteiger partial charge in [-0.2, -0.15) is 0 Å². The summed E-state index contributed by atoms with van der Waals surface area (Å²) in [5, 5.41) is 15.7. The smallest absolute Gasteiger partial charge is 0.759 e. The van der Waals surface area contributed by atoms with Gasteiger partial charge in [0.05, 0.1) is 59.9 Å². The number of hydrogen-bond donors (Lipinski definition) is 4. The summed E-state index contributed by atoms with van der Waals surface area (Å²) in [6, 6.07) is 48.4. The van der Waals surface area contributed by atoms with Gasteiger partial charge in [-0.3, -0.25) is 24.2 Å². The number of nitrogens with two attached hydrogens (primary N) is 1. The van der Waals surface area contributed by atoms with Crippen molar-refractivity contribution in [2.75, 3.05) is 70.8 Å². The molecule has 3 aliphatic carbocycles. The number of carboxylic acid groups (broad SMARTS) is 1. The number of aryl methyl sites for hydroxylation is 3. The fraction of sp³-hybridized carbons (Fsp3) is 0.393. The number of fused-ring (bicyclic) bond motifs is 3. The Morgan fingerprint density at radius 2 is 0.800 bits per heavy atom. The Morgan fingerprint density at radius 1 is 0.487 bits per heavy atom. The molecular formula is C89H102BrN12NaO9S3. The van der Waals surface area contributed by atoms with Crippen molar-refractivity contribution in [3.05, 3.63) is 250 Å². The third-order valence-corrected chi connectivity index (χ3v) is 24.5. The van der Waals surface area contributed by atoms with E-state index in [4.69, 9.17) is 37.7 Å². The van der Waals surface area contributed by atoms with Gasteiger partial charge in [0.25, 0.3) is 6.47 Å². The maximum atomic E-state index is 12.8. The number of ether oxygens (including phenoxy) is 2. The summed E-state index contributed by atoms with van der Waals surface area (Å²) in [4.78, 5) is 104. The minimum Gasteiger partial charge on any atom is -0.759 e. The molecule has 6 aromatic carbocycles. The summed E-state index contributed by atoms with van der Waals surface area (Å²) in [6.07, 6.45) is 18.7. The van der Waals surface area contributed by atoms with Gasteiger partial charge in [0, 0.05) is 79.0 Å². The number of hydrogen-bond acceptors (Lipinski definition) is 21. The number of alkyl carbamates (subject to hydrolysis) is 2. The number of anilines is 3. The van der Waals surface area contributed by atoms with Gasteiger partial charge >= 0.3 is 41.7 Å². The number of nitrogens with zero attached hydrogens (tertiary/aromatic N) is 9. The molecule has 15 rings (SSSR count). The van der Waals surface area contributed by atoms with Crippen LogP contribution >= 0.6 is 39.5 Å². The largest absolute Gasteiger partial charge is 1.00 e. The number of alkyl halides is 1. The number of ketones is 3. The molecule has 3 aromatic heterocycles. The summed E-state index contributed by atoms with van der Waals surface area (Å²) in [5.41, 5.74) is 19.2. The van der Waals surface area contributed by atoms with Gasteiger partial charge in [0.15, 0.2) is 17.3 Å². The Bertz CT molecular complexity index is 4770. The zero-order chi connectivity index (χ0) is 81.4. The van der Waals surface area contributed by atoms with Crippen LogP contribution in [0.4, 0.5) is 27.0 Å². The van der Waals surface area contributed by atoms with E-state index < -0.39 is 11.2 Å². The number of thioether (sulfide) groups is 2. The second-order valence-corrected chi connectivity index (χ2v) is 35.1. The molecule has 598 valence electrons. The molecule has 0 unspecified atom stereocenters. The van der Waals surface area contributed by atoms with Crippen LogP contribution in [0.1, 0.15) is 179 Å². The van der Waals surface area contributed by atoms with Crippen LogP contribution in [0.3, 0.4) is 0 Å². The van der Waals surface area contributed by atoms with E-state index >= 15 is 0 Å². The van der Waals surface area contributed by atoms with Gasteiger partial charge in [0.2, 0.25) is 0 Å². The number of nitrogens with one attached hydrogen (secondary N) is 2. The molecule has 3 fully saturated rings. The number of piperidine rings is 3. The Balaban J connectivity index is 0.000000169. The average Bonchev–Trinajstić information content (AvgIpc) is 1.60. The molecule has 21 nitrogen and oxygen atoms in total. The maximum Gasteiger partial charge on any atom is 1.00 e. The van der Waals surface area contributed by atoms with Crippen molar-refractivity contribution >= 4 is 106 Å². The van der Waals surface area contributed by atoms with E-state index in [1.54, 1.807) is 31.0 Å². The van der Waals surface area contributed by atoms with E-state index in [0.717, 1.165) is 147 Å². The molecule has 0 saturated carbocycles. The van der Waals surface area contributed by atoms with Crippen molar-refractivity contribution < 1.29 is 72.9 Å². The van der Waals surface area contributed by atoms with Crippen molar-refractivity contribution in [2.24, 2.45) is 22.0 Å². The number of halogens is 1. The molecule has 2 amide bonds. The van der Waals surface area contributed by atoms with Gasteiger partial charge < -0.3 is 58.3 Å². The van der Waals surface area contributed by atoms with Gasteiger partial charge in [-0.1, -0.05) is 207 Å². The molecule has 0 radical (unpaired) electrons. The summed E-state index contributed by atoms with van der Waals surface area (Å²) >= 11 is 11.0. The molecule has 115 heavy (non-hydrogen) atoms. The topological polar surface area (TPSA) is 278 Å². The second-order valence-electron chi connectivity index (χ2n) is 32.1. The van der Waals surface area contributed by atoms with Crippen LogP contribution < -0.4 is 60.6 Å². The SMILES string of the molecule is CC(C)(C)OC(=O)N[C@@H]1c2ccccc2CC12CCN(c1cnc([S-])cn1)CC2.Cc1ccc(C(=O)CBr)cc1.Cc1ccc(C(=O)CSc2cnc(N3CCC4(CC3)Cc3ccccc3[C@H]4N)cn2)cc1.Cc1ccc(C(=O)CSc2cnc(N3CCC4(CC3)Cc3ccccc3[C@H]4NC(=O)OC(C)(C)C)cn2)cc1.O=CO.[Na+]. The molecule has 6 aliphatic rings. The van der Waals surface area contributed by atoms with Gasteiger partial charge in [-0.25, -0.2) is 34.5 Å². The monoisotopic (exact) mass is 1680 g/mol. The first-order valence-electron chi connectivity index (χ1n) is 38.6. The van der Waals surface area contributed by atoms with Gasteiger partial charge in [0.1, 0.15) is 38.7 Å². The molecule has 5 N–H and O–H groups in total. The van der Waals surface area contributed by atoms with Crippen LogP contribution in [0.15, 0.2) is 198 Å². The van der Waals surface area contributed by atoms with E-state index in [2.05, 4.69) is 132 Å². The first-order valence-corrected chi connectivity index (χ1v) is 42.1. The fourth-order valence-corrected chi connectivity index (χ4v) is 17.8. The third kappa shape index (κ3) is 23.4. The van der Waals surface area contributed by atoms with Crippen LogP contribution in [-0.4, -0.2) is 138 Å². The molecule has 3 saturated heterocycles. The molecule has 9 aromatic rings. The molecule has 3 atom stereocenters. The third-order valence-electron chi connectivity index (χ3n) is 22.0. The summed E-state index contributed by atoms with van der Waals surface area (Å²) in [6.45, 7) is 22.4. The van der Waals surface area contributed by atoms with Crippen molar-refractivity contribution in [1.82, 2.24) is 40.5 Å². The fourth-order valence-electron chi connectivity index (χ4n) is 16.0.